The number of aliphatic carboxylic acids is 1. The minimum Gasteiger partial charge on any atom is -0.481 e. The molecule has 1 rings (SSSR count). The summed E-state index contributed by atoms with van der Waals surface area (Å²) in [6.07, 6.45) is 3.05. The summed E-state index contributed by atoms with van der Waals surface area (Å²) < 4.78 is 1.95. The fourth-order valence-electron chi connectivity index (χ4n) is 2.25. The van der Waals surface area contributed by atoms with Crippen molar-refractivity contribution in [3.63, 3.8) is 0 Å². The van der Waals surface area contributed by atoms with Crippen LogP contribution >= 0.6 is 0 Å². The molecule has 5 nitrogen and oxygen atoms in total. The predicted octanol–water partition coefficient (Wildman–Crippen LogP) is 2.44. The second-order valence-corrected chi connectivity index (χ2v) is 5.26. The largest absolute Gasteiger partial charge is 0.481 e. The number of nitrogens with zero attached hydrogens (tertiary/aromatic N) is 2. The third-order valence-corrected chi connectivity index (χ3v) is 3.82. The lowest BCUT2D eigenvalue weighted by molar-refractivity contribution is -0.149. The number of hydrogen-bond acceptors (Lipinski definition) is 3. The smallest absolute Gasteiger partial charge is 0.310 e. The van der Waals surface area contributed by atoms with Crippen molar-refractivity contribution in [2.75, 3.05) is 6.54 Å². The van der Waals surface area contributed by atoms with E-state index < -0.39 is 11.4 Å². The number of hydrogen-bond donors (Lipinski definition) is 2. The van der Waals surface area contributed by atoms with Crippen molar-refractivity contribution in [3.8, 4) is 0 Å². The Morgan fingerprint density at radius 1 is 1.47 bits per heavy atom. The first-order chi connectivity index (χ1) is 8.96. The molecular weight excluding hydrogens is 242 g/mol. The fraction of sp³-hybridized carbons (Fsp3) is 0.714. The Morgan fingerprint density at radius 3 is 2.58 bits per heavy atom. The van der Waals surface area contributed by atoms with Crippen molar-refractivity contribution < 1.29 is 9.90 Å². The molecule has 0 aliphatic rings. The van der Waals surface area contributed by atoms with E-state index in [1.165, 1.54) is 0 Å². The van der Waals surface area contributed by atoms with Gasteiger partial charge in [-0.25, -0.2) is 0 Å². The zero-order chi connectivity index (χ0) is 14.5. The summed E-state index contributed by atoms with van der Waals surface area (Å²) in [4.78, 5) is 11.4. The van der Waals surface area contributed by atoms with E-state index in [-0.39, 0.29) is 0 Å². The van der Waals surface area contributed by atoms with E-state index in [9.17, 15) is 9.90 Å². The van der Waals surface area contributed by atoms with Gasteiger partial charge in [-0.15, -0.1) is 0 Å². The highest BCUT2D eigenvalue weighted by Gasteiger charge is 2.34. The van der Waals surface area contributed by atoms with E-state index in [1.54, 1.807) is 6.20 Å². The third kappa shape index (κ3) is 3.56. The fourth-order valence-corrected chi connectivity index (χ4v) is 2.25. The number of carboxylic acids is 1. The van der Waals surface area contributed by atoms with Crippen molar-refractivity contribution in [1.82, 2.24) is 15.1 Å². The molecule has 1 heterocycles. The summed E-state index contributed by atoms with van der Waals surface area (Å²) in [6.45, 7) is 9.15. The average Bonchev–Trinajstić information content (AvgIpc) is 2.83. The maximum absolute atomic E-state index is 11.4. The molecule has 0 saturated heterocycles. The molecule has 0 spiro atoms. The topological polar surface area (TPSA) is 67.2 Å². The second kappa shape index (κ2) is 6.70. The number of aromatic nitrogens is 2. The van der Waals surface area contributed by atoms with Gasteiger partial charge in [-0.2, -0.15) is 5.10 Å². The van der Waals surface area contributed by atoms with Crippen molar-refractivity contribution in [1.29, 1.82) is 0 Å². The van der Waals surface area contributed by atoms with E-state index in [4.69, 9.17) is 0 Å². The van der Waals surface area contributed by atoms with Crippen LogP contribution in [0.1, 0.15) is 52.3 Å². The Labute approximate surface area is 115 Å². The summed E-state index contributed by atoms with van der Waals surface area (Å²) in [6, 6.07) is 2.28. The van der Waals surface area contributed by atoms with Gasteiger partial charge in [0.15, 0.2) is 0 Å². The number of nitrogens with one attached hydrogen (secondary N) is 1. The Hall–Kier alpha value is -1.36. The van der Waals surface area contributed by atoms with Gasteiger partial charge in [0.25, 0.3) is 0 Å². The van der Waals surface area contributed by atoms with Gasteiger partial charge < -0.3 is 10.4 Å². The SMILES string of the molecule is CCC(CC)(CNCc1ccnn1C(C)C)C(=O)O. The number of carbonyl (C=O) groups is 1. The molecule has 0 bridgehead atoms. The normalized spacial score (nSPS) is 12.1. The highest BCUT2D eigenvalue weighted by Crippen LogP contribution is 2.25. The van der Waals surface area contributed by atoms with Crippen LogP contribution in [0, 0.1) is 5.41 Å². The van der Waals surface area contributed by atoms with Crippen LogP contribution in [0.15, 0.2) is 12.3 Å². The molecule has 19 heavy (non-hydrogen) atoms. The monoisotopic (exact) mass is 267 g/mol. The average molecular weight is 267 g/mol. The highest BCUT2D eigenvalue weighted by molar-refractivity contribution is 5.74. The van der Waals surface area contributed by atoms with Crippen molar-refractivity contribution in [3.05, 3.63) is 18.0 Å². The molecule has 108 valence electrons. The van der Waals surface area contributed by atoms with Crippen molar-refractivity contribution >= 4 is 5.97 Å². The third-order valence-electron chi connectivity index (χ3n) is 3.82. The maximum Gasteiger partial charge on any atom is 0.310 e. The minimum atomic E-state index is -0.720. The molecule has 0 aromatic carbocycles. The summed E-state index contributed by atoms with van der Waals surface area (Å²) in [5.41, 5.74) is 0.421. The molecule has 1 aromatic heterocycles. The van der Waals surface area contributed by atoms with Crippen LogP contribution in [0.4, 0.5) is 0 Å². The second-order valence-electron chi connectivity index (χ2n) is 5.26. The van der Waals surface area contributed by atoms with E-state index in [1.807, 2.05) is 24.6 Å². The maximum atomic E-state index is 11.4. The van der Waals surface area contributed by atoms with Crippen molar-refractivity contribution in [2.24, 2.45) is 5.41 Å². The Bertz CT molecular complexity index is 409. The first kappa shape index (κ1) is 15.7. The lowest BCUT2D eigenvalue weighted by atomic mass is 9.82. The van der Waals surface area contributed by atoms with E-state index in [0.717, 1.165) is 5.69 Å². The van der Waals surface area contributed by atoms with Crippen LogP contribution in [0.25, 0.3) is 0 Å². The molecule has 0 radical (unpaired) electrons. The van der Waals surface area contributed by atoms with Crippen LogP contribution in [-0.4, -0.2) is 27.4 Å². The molecule has 2 N–H and O–H groups in total. The predicted molar refractivity (Wildman–Crippen MR) is 75.0 cm³/mol. The van der Waals surface area contributed by atoms with Crippen LogP contribution in [0.3, 0.4) is 0 Å². The molecular formula is C14H25N3O2. The van der Waals surface area contributed by atoms with Crippen molar-refractivity contribution in [2.45, 2.75) is 53.1 Å². The minimum absolute atomic E-state index is 0.313. The number of rotatable bonds is 8. The van der Waals surface area contributed by atoms with Gasteiger partial charge in [-0.3, -0.25) is 9.48 Å². The molecule has 5 heteroatoms. The quantitative estimate of drug-likeness (QED) is 0.759. The molecule has 1 aromatic rings. The van der Waals surface area contributed by atoms with Gasteiger partial charge in [-0.1, -0.05) is 13.8 Å². The molecule has 0 aliphatic carbocycles. The zero-order valence-corrected chi connectivity index (χ0v) is 12.3. The van der Waals surface area contributed by atoms with Gasteiger partial charge >= 0.3 is 5.97 Å². The van der Waals surface area contributed by atoms with E-state index in [2.05, 4.69) is 24.3 Å². The molecule has 0 amide bonds. The summed E-state index contributed by atoms with van der Waals surface area (Å²) in [7, 11) is 0. The van der Waals surface area contributed by atoms with Crippen LogP contribution in [0.5, 0.6) is 0 Å². The zero-order valence-electron chi connectivity index (χ0n) is 12.3. The van der Waals surface area contributed by atoms with Gasteiger partial charge in [0.05, 0.1) is 11.1 Å². The molecule has 0 fully saturated rings. The molecule has 0 unspecified atom stereocenters. The summed E-state index contributed by atoms with van der Waals surface area (Å²) in [5, 5.41) is 16.9. The van der Waals surface area contributed by atoms with Gasteiger partial charge in [0, 0.05) is 25.3 Å². The lowest BCUT2D eigenvalue weighted by Crippen LogP contribution is -2.40. The molecule has 0 atom stereocenters. The highest BCUT2D eigenvalue weighted by atomic mass is 16.4. The Balaban J connectivity index is 2.62. The summed E-state index contributed by atoms with van der Waals surface area (Å²) >= 11 is 0. The Morgan fingerprint density at radius 2 is 2.11 bits per heavy atom. The van der Waals surface area contributed by atoms with Gasteiger partial charge in [0.2, 0.25) is 0 Å². The van der Waals surface area contributed by atoms with Gasteiger partial charge in [-0.05, 0) is 32.8 Å². The molecule has 0 saturated carbocycles. The first-order valence-electron chi connectivity index (χ1n) is 6.93. The van der Waals surface area contributed by atoms with Gasteiger partial charge in [0.1, 0.15) is 0 Å². The van der Waals surface area contributed by atoms with Crippen LogP contribution in [-0.2, 0) is 11.3 Å². The summed E-state index contributed by atoms with van der Waals surface area (Å²) in [5.74, 6) is -0.720. The molecule has 0 aliphatic heterocycles. The first-order valence-corrected chi connectivity index (χ1v) is 6.93. The standard InChI is InChI=1S/C14H25N3O2/c1-5-14(6-2,13(18)19)10-15-9-12-7-8-16-17(12)11(3)4/h7-8,11,15H,5-6,9-10H2,1-4H3,(H,18,19). The van der Waals surface area contributed by atoms with Crippen LogP contribution < -0.4 is 5.32 Å². The number of carboxylic acid groups (broad SMARTS) is 1. The lowest BCUT2D eigenvalue weighted by Gasteiger charge is -2.27. The Kier molecular flexibility index (Phi) is 5.54. The van der Waals surface area contributed by atoms with E-state index >= 15 is 0 Å². The van der Waals surface area contributed by atoms with E-state index in [0.29, 0.717) is 32.0 Å². The van der Waals surface area contributed by atoms with Crippen LogP contribution in [0.2, 0.25) is 0 Å².